The Bertz CT molecular complexity index is 257. The van der Waals surface area contributed by atoms with Gasteiger partial charge < -0.3 is 14.8 Å². The fraction of sp³-hybridized carbons (Fsp3) is 0.333. The van der Waals surface area contributed by atoms with Crippen LogP contribution >= 0.6 is 0 Å². The molecule has 0 aliphatic rings. The number of carboxylic acid groups (broad SMARTS) is 1. The number of allylic oxidation sites excluding steroid dienone is 1. The molecular formula is C9H14N2O3. The third kappa shape index (κ3) is 7.05. The van der Waals surface area contributed by atoms with Gasteiger partial charge in [-0.15, -0.1) is 6.58 Å². The third-order valence-corrected chi connectivity index (χ3v) is 1.16. The average molecular weight is 198 g/mol. The lowest BCUT2D eigenvalue weighted by molar-refractivity contribution is -0.141. The molecule has 1 rings (SSSR count). The first-order valence-corrected chi connectivity index (χ1v) is 4.00. The van der Waals surface area contributed by atoms with E-state index in [1.807, 2.05) is 6.08 Å². The van der Waals surface area contributed by atoms with Crippen molar-refractivity contribution in [2.45, 2.75) is 6.42 Å². The summed E-state index contributed by atoms with van der Waals surface area (Å²) in [6.07, 6.45) is 6.18. The van der Waals surface area contributed by atoms with Crippen molar-refractivity contribution in [3.05, 3.63) is 30.9 Å². The van der Waals surface area contributed by atoms with Crippen LogP contribution < -0.4 is 0 Å². The fourth-order valence-electron chi connectivity index (χ4n) is 0.670. The zero-order chi connectivity index (χ0) is 10.8. The van der Waals surface area contributed by atoms with Crippen LogP contribution in [0.2, 0.25) is 0 Å². The molecule has 0 amide bonds. The highest BCUT2D eigenvalue weighted by atomic mass is 16.5. The van der Waals surface area contributed by atoms with E-state index in [4.69, 9.17) is 5.11 Å². The molecule has 1 heterocycles. The Kier molecular flexibility index (Phi) is 7.07. The van der Waals surface area contributed by atoms with Crippen LogP contribution in [0.15, 0.2) is 25.0 Å². The molecule has 0 atom stereocenters. The first kappa shape index (κ1) is 12.4. The molecule has 5 heteroatoms. The maximum absolute atomic E-state index is 9.47. The van der Waals surface area contributed by atoms with Gasteiger partial charge in [0.2, 0.25) is 0 Å². The van der Waals surface area contributed by atoms with Crippen LogP contribution in [0.4, 0.5) is 0 Å². The summed E-state index contributed by atoms with van der Waals surface area (Å²) in [5.41, 5.74) is 0. The van der Waals surface area contributed by atoms with Crippen LogP contribution in [0.1, 0.15) is 5.82 Å². The number of aromatic amines is 1. The van der Waals surface area contributed by atoms with E-state index in [1.165, 1.54) is 7.11 Å². The van der Waals surface area contributed by atoms with Crippen molar-refractivity contribution in [3.63, 3.8) is 0 Å². The van der Waals surface area contributed by atoms with Crippen LogP contribution in [-0.2, 0) is 16.0 Å². The molecule has 0 aromatic carbocycles. The minimum Gasteiger partial charge on any atom is -0.480 e. The highest BCUT2D eigenvalue weighted by Crippen LogP contribution is 1.88. The second-order valence-corrected chi connectivity index (χ2v) is 2.36. The van der Waals surface area contributed by atoms with Gasteiger partial charge in [-0.1, -0.05) is 6.08 Å². The molecule has 5 nitrogen and oxygen atoms in total. The summed E-state index contributed by atoms with van der Waals surface area (Å²) in [7, 11) is 1.34. The monoisotopic (exact) mass is 198 g/mol. The van der Waals surface area contributed by atoms with Gasteiger partial charge in [-0.2, -0.15) is 0 Å². The Morgan fingerprint density at radius 3 is 2.86 bits per heavy atom. The van der Waals surface area contributed by atoms with Crippen molar-refractivity contribution >= 4 is 5.97 Å². The topological polar surface area (TPSA) is 75.2 Å². The van der Waals surface area contributed by atoms with Gasteiger partial charge in [0.25, 0.3) is 0 Å². The molecule has 0 fully saturated rings. The van der Waals surface area contributed by atoms with Crippen molar-refractivity contribution in [2.24, 2.45) is 0 Å². The number of ether oxygens (including phenoxy) is 1. The Labute approximate surface area is 82.4 Å². The standard InChI is InChI=1S/C6H8N2.C3H6O3/c1-2-3-6-7-4-5-8-6;1-6-2-3(4)5/h2,4-5H,1,3H2,(H,7,8);2H2,1H3,(H,4,5). The maximum atomic E-state index is 9.47. The van der Waals surface area contributed by atoms with Gasteiger partial charge in [0, 0.05) is 25.9 Å². The van der Waals surface area contributed by atoms with Gasteiger partial charge in [-0.05, 0) is 0 Å². The van der Waals surface area contributed by atoms with E-state index in [1.54, 1.807) is 12.4 Å². The SMILES string of the molecule is C=CCc1ncc[nH]1.COCC(=O)O. The summed E-state index contributed by atoms with van der Waals surface area (Å²) in [4.78, 5) is 16.4. The Balaban J connectivity index is 0.000000255. The van der Waals surface area contributed by atoms with E-state index in [-0.39, 0.29) is 6.61 Å². The molecular weight excluding hydrogens is 184 g/mol. The largest absolute Gasteiger partial charge is 0.480 e. The number of nitrogens with zero attached hydrogens (tertiary/aromatic N) is 1. The van der Waals surface area contributed by atoms with E-state index in [0.29, 0.717) is 0 Å². The van der Waals surface area contributed by atoms with Gasteiger partial charge in [-0.3, -0.25) is 0 Å². The molecule has 0 aliphatic carbocycles. The quantitative estimate of drug-likeness (QED) is 0.703. The highest BCUT2D eigenvalue weighted by Gasteiger charge is 1.87. The minimum absolute atomic E-state index is 0.208. The van der Waals surface area contributed by atoms with Gasteiger partial charge in [0.05, 0.1) is 0 Å². The van der Waals surface area contributed by atoms with Crippen molar-refractivity contribution < 1.29 is 14.6 Å². The number of nitrogens with one attached hydrogen (secondary N) is 1. The number of imidazole rings is 1. The number of rotatable bonds is 4. The molecule has 1 aromatic heterocycles. The van der Waals surface area contributed by atoms with Gasteiger partial charge in [-0.25, -0.2) is 9.78 Å². The van der Waals surface area contributed by atoms with Crippen LogP contribution in [0.3, 0.4) is 0 Å². The highest BCUT2D eigenvalue weighted by molar-refractivity contribution is 5.67. The molecule has 0 radical (unpaired) electrons. The van der Waals surface area contributed by atoms with Crippen molar-refractivity contribution in [1.82, 2.24) is 9.97 Å². The summed E-state index contributed by atoms with van der Waals surface area (Å²) >= 11 is 0. The van der Waals surface area contributed by atoms with Crippen molar-refractivity contribution in [2.75, 3.05) is 13.7 Å². The summed E-state index contributed by atoms with van der Waals surface area (Å²) in [6.45, 7) is 3.37. The number of aromatic nitrogens is 2. The lowest BCUT2D eigenvalue weighted by Crippen LogP contribution is -2.02. The predicted octanol–water partition coefficient (Wildman–Crippen LogP) is 0.856. The molecule has 0 saturated heterocycles. The van der Waals surface area contributed by atoms with E-state index < -0.39 is 5.97 Å². The zero-order valence-electron chi connectivity index (χ0n) is 8.06. The Hall–Kier alpha value is -1.62. The van der Waals surface area contributed by atoms with Gasteiger partial charge in [0.15, 0.2) is 0 Å². The summed E-state index contributed by atoms with van der Waals surface area (Å²) in [5, 5.41) is 7.79. The number of carbonyl (C=O) groups is 1. The molecule has 0 spiro atoms. The Morgan fingerprint density at radius 1 is 1.86 bits per heavy atom. The number of hydrogen-bond donors (Lipinski definition) is 2. The molecule has 2 N–H and O–H groups in total. The molecule has 0 aliphatic heterocycles. The zero-order valence-corrected chi connectivity index (χ0v) is 8.06. The fourth-order valence-corrected chi connectivity index (χ4v) is 0.670. The van der Waals surface area contributed by atoms with E-state index in [9.17, 15) is 4.79 Å². The lowest BCUT2D eigenvalue weighted by atomic mass is 10.4. The molecule has 14 heavy (non-hydrogen) atoms. The third-order valence-electron chi connectivity index (χ3n) is 1.16. The number of H-pyrrole nitrogens is 1. The normalized spacial score (nSPS) is 8.64. The van der Waals surface area contributed by atoms with E-state index in [2.05, 4.69) is 21.3 Å². The van der Waals surface area contributed by atoms with Crippen molar-refractivity contribution in [3.8, 4) is 0 Å². The van der Waals surface area contributed by atoms with Crippen molar-refractivity contribution in [1.29, 1.82) is 0 Å². The summed E-state index contributed by atoms with van der Waals surface area (Å²) in [5.74, 6) is 0.0394. The molecule has 0 unspecified atom stereocenters. The molecule has 0 saturated carbocycles. The van der Waals surface area contributed by atoms with Gasteiger partial charge >= 0.3 is 5.97 Å². The van der Waals surface area contributed by atoms with Crippen LogP contribution in [0, 0.1) is 0 Å². The van der Waals surface area contributed by atoms with E-state index >= 15 is 0 Å². The second-order valence-electron chi connectivity index (χ2n) is 2.36. The predicted molar refractivity (Wildman–Crippen MR) is 52.0 cm³/mol. The minimum atomic E-state index is -0.933. The van der Waals surface area contributed by atoms with Crippen LogP contribution in [0.5, 0.6) is 0 Å². The summed E-state index contributed by atoms with van der Waals surface area (Å²) < 4.78 is 4.20. The molecule has 78 valence electrons. The van der Waals surface area contributed by atoms with Gasteiger partial charge in [0.1, 0.15) is 12.4 Å². The Morgan fingerprint density at radius 2 is 2.57 bits per heavy atom. The lowest BCUT2D eigenvalue weighted by Gasteiger charge is -1.83. The number of carboxylic acids is 1. The number of aliphatic carboxylic acids is 1. The average Bonchev–Trinajstić information content (AvgIpc) is 2.58. The first-order chi connectivity index (χ1) is 6.70. The van der Waals surface area contributed by atoms with Crippen LogP contribution in [0.25, 0.3) is 0 Å². The number of hydrogen-bond acceptors (Lipinski definition) is 3. The maximum Gasteiger partial charge on any atom is 0.329 e. The van der Waals surface area contributed by atoms with Crippen LogP contribution in [-0.4, -0.2) is 34.8 Å². The second kappa shape index (κ2) is 8.00. The first-order valence-electron chi connectivity index (χ1n) is 4.00. The molecule has 1 aromatic rings. The van der Waals surface area contributed by atoms with E-state index in [0.717, 1.165) is 12.2 Å². The smallest absolute Gasteiger partial charge is 0.329 e. The number of methoxy groups -OCH3 is 1. The summed E-state index contributed by atoms with van der Waals surface area (Å²) in [6, 6.07) is 0. The molecule has 0 bridgehead atoms.